The van der Waals surface area contributed by atoms with E-state index >= 15 is 0 Å². The minimum Gasteiger partial charge on any atom is -0.348 e. The van der Waals surface area contributed by atoms with Gasteiger partial charge in [0.05, 0.1) is 0 Å². The van der Waals surface area contributed by atoms with Crippen molar-refractivity contribution in [2.45, 2.75) is 39.5 Å². The molecule has 1 unspecified atom stereocenters. The summed E-state index contributed by atoms with van der Waals surface area (Å²) >= 11 is 0. The third-order valence-electron chi connectivity index (χ3n) is 2.27. The zero-order chi connectivity index (χ0) is 9.40. The van der Waals surface area contributed by atoms with Crippen LogP contribution in [0.3, 0.4) is 0 Å². The molecule has 0 aromatic heterocycles. The maximum absolute atomic E-state index is 10.4. The first-order valence-electron chi connectivity index (χ1n) is 4.90. The van der Waals surface area contributed by atoms with Crippen LogP contribution in [0.15, 0.2) is 0 Å². The van der Waals surface area contributed by atoms with E-state index in [9.17, 15) is 4.79 Å². The van der Waals surface area contributed by atoms with Gasteiger partial charge in [-0.25, -0.2) is 0 Å². The second-order valence-electron chi connectivity index (χ2n) is 3.46. The van der Waals surface area contributed by atoms with Crippen molar-refractivity contribution in [3.05, 3.63) is 0 Å². The van der Waals surface area contributed by atoms with Gasteiger partial charge in [-0.3, -0.25) is 4.79 Å². The Labute approximate surface area is 75.9 Å². The number of nitrogens with zero attached hydrogens (tertiary/aromatic N) is 1. The highest BCUT2D eigenvalue weighted by molar-refractivity contribution is 5.46. The van der Waals surface area contributed by atoms with E-state index in [1.165, 1.54) is 25.7 Å². The fraction of sp³-hybridized carbons (Fsp3) is 0.900. The Bertz CT molecular complexity index is 114. The van der Waals surface area contributed by atoms with Gasteiger partial charge in [0.1, 0.15) is 0 Å². The standard InChI is InChI=1S/C10H21NO/c1-4-6-7-10(5-2)8-11(3)9-12/h9-10H,4-8H2,1-3H3. The molecular weight excluding hydrogens is 150 g/mol. The molecule has 0 aromatic rings. The van der Waals surface area contributed by atoms with E-state index in [1.807, 2.05) is 7.05 Å². The summed E-state index contributed by atoms with van der Waals surface area (Å²) in [5.41, 5.74) is 0. The lowest BCUT2D eigenvalue weighted by molar-refractivity contribution is -0.117. The molecule has 2 nitrogen and oxygen atoms in total. The van der Waals surface area contributed by atoms with Gasteiger partial charge in [0.2, 0.25) is 6.41 Å². The molecule has 0 bridgehead atoms. The van der Waals surface area contributed by atoms with Crippen molar-refractivity contribution in [3.8, 4) is 0 Å². The van der Waals surface area contributed by atoms with Gasteiger partial charge in [-0.15, -0.1) is 0 Å². The Morgan fingerprint density at radius 2 is 2.08 bits per heavy atom. The maximum Gasteiger partial charge on any atom is 0.209 e. The number of rotatable bonds is 7. The van der Waals surface area contributed by atoms with Crippen LogP contribution in [0.4, 0.5) is 0 Å². The molecule has 0 aromatic carbocycles. The second kappa shape index (κ2) is 7.14. The molecule has 0 rings (SSSR count). The normalized spacial score (nSPS) is 12.6. The third-order valence-corrected chi connectivity index (χ3v) is 2.27. The van der Waals surface area contributed by atoms with Crippen LogP contribution in [0.5, 0.6) is 0 Å². The van der Waals surface area contributed by atoms with Gasteiger partial charge in [0.25, 0.3) is 0 Å². The summed E-state index contributed by atoms with van der Waals surface area (Å²) in [5, 5.41) is 0. The van der Waals surface area contributed by atoms with Crippen molar-refractivity contribution in [1.29, 1.82) is 0 Å². The molecule has 0 aliphatic carbocycles. The minimum atomic E-state index is 0.695. The van der Waals surface area contributed by atoms with E-state index in [4.69, 9.17) is 0 Å². The predicted octanol–water partition coefficient (Wildman–Crippen LogP) is 2.29. The van der Waals surface area contributed by atoms with Crippen molar-refractivity contribution in [2.75, 3.05) is 13.6 Å². The first-order chi connectivity index (χ1) is 5.74. The molecule has 1 amide bonds. The molecule has 0 N–H and O–H groups in total. The van der Waals surface area contributed by atoms with Crippen molar-refractivity contribution in [2.24, 2.45) is 5.92 Å². The summed E-state index contributed by atoms with van der Waals surface area (Å²) < 4.78 is 0. The minimum absolute atomic E-state index is 0.695. The van der Waals surface area contributed by atoms with Crippen LogP contribution < -0.4 is 0 Å². The summed E-state index contributed by atoms with van der Waals surface area (Å²) in [4.78, 5) is 12.1. The van der Waals surface area contributed by atoms with Crippen LogP contribution in [-0.2, 0) is 4.79 Å². The number of amides is 1. The molecule has 0 fully saturated rings. The first kappa shape index (κ1) is 11.5. The fourth-order valence-corrected chi connectivity index (χ4v) is 1.37. The highest BCUT2D eigenvalue weighted by Gasteiger charge is 2.07. The molecule has 0 aliphatic rings. The average molecular weight is 171 g/mol. The van der Waals surface area contributed by atoms with Gasteiger partial charge in [-0.2, -0.15) is 0 Å². The fourth-order valence-electron chi connectivity index (χ4n) is 1.37. The summed E-state index contributed by atoms with van der Waals surface area (Å²) in [7, 11) is 1.85. The van der Waals surface area contributed by atoms with E-state index < -0.39 is 0 Å². The Hall–Kier alpha value is -0.530. The molecule has 0 saturated carbocycles. The Morgan fingerprint density at radius 1 is 1.42 bits per heavy atom. The molecule has 0 saturated heterocycles. The second-order valence-corrected chi connectivity index (χ2v) is 3.46. The smallest absolute Gasteiger partial charge is 0.209 e. The Balaban J connectivity index is 3.58. The van der Waals surface area contributed by atoms with Crippen molar-refractivity contribution in [1.82, 2.24) is 4.90 Å². The zero-order valence-electron chi connectivity index (χ0n) is 8.55. The molecule has 1 atom stereocenters. The van der Waals surface area contributed by atoms with E-state index in [1.54, 1.807) is 4.90 Å². The topological polar surface area (TPSA) is 20.3 Å². The third kappa shape index (κ3) is 5.16. The summed E-state index contributed by atoms with van der Waals surface area (Å²) in [5.74, 6) is 0.695. The first-order valence-corrected chi connectivity index (χ1v) is 4.90. The number of unbranched alkanes of at least 4 members (excludes halogenated alkanes) is 1. The Kier molecular flexibility index (Phi) is 6.82. The molecule has 0 aliphatic heterocycles. The van der Waals surface area contributed by atoms with Gasteiger partial charge in [0.15, 0.2) is 0 Å². The molecular formula is C10H21NO. The van der Waals surface area contributed by atoms with Crippen molar-refractivity contribution < 1.29 is 4.79 Å². The highest BCUT2D eigenvalue weighted by Crippen LogP contribution is 2.12. The van der Waals surface area contributed by atoms with E-state index in [-0.39, 0.29) is 0 Å². The van der Waals surface area contributed by atoms with Gasteiger partial charge in [0, 0.05) is 13.6 Å². The Morgan fingerprint density at radius 3 is 2.50 bits per heavy atom. The number of hydrogen-bond donors (Lipinski definition) is 0. The lowest BCUT2D eigenvalue weighted by Crippen LogP contribution is -2.23. The summed E-state index contributed by atoms with van der Waals surface area (Å²) in [6, 6.07) is 0. The predicted molar refractivity (Wildman–Crippen MR) is 52.0 cm³/mol. The van der Waals surface area contributed by atoms with Gasteiger partial charge >= 0.3 is 0 Å². The monoisotopic (exact) mass is 171 g/mol. The lowest BCUT2D eigenvalue weighted by atomic mass is 9.99. The van der Waals surface area contributed by atoms with Crippen LogP contribution in [0, 0.1) is 5.92 Å². The number of hydrogen-bond acceptors (Lipinski definition) is 1. The van der Waals surface area contributed by atoms with Gasteiger partial charge in [-0.1, -0.05) is 33.1 Å². The maximum atomic E-state index is 10.4. The quantitative estimate of drug-likeness (QED) is 0.538. The molecule has 0 radical (unpaired) electrons. The number of carbonyl (C=O) groups excluding carboxylic acids is 1. The van der Waals surface area contributed by atoms with Crippen molar-refractivity contribution >= 4 is 6.41 Å². The molecule has 0 heterocycles. The SMILES string of the molecule is CCCCC(CC)CN(C)C=O. The molecule has 72 valence electrons. The van der Waals surface area contributed by atoms with Gasteiger partial charge in [-0.05, 0) is 12.3 Å². The van der Waals surface area contributed by atoms with Crippen LogP contribution in [0.25, 0.3) is 0 Å². The van der Waals surface area contributed by atoms with Crippen LogP contribution in [0.2, 0.25) is 0 Å². The van der Waals surface area contributed by atoms with Gasteiger partial charge < -0.3 is 4.90 Å². The van der Waals surface area contributed by atoms with E-state index in [0.717, 1.165) is 13.0 Å². The zero-order valence-corrected chi connectivity index (χ0v) is 8.55. The van der Waals surface area contributed by atoms with E-state index in [2.05, 4.69) is 13.8 Å². The van der Waals surface area contributed by atoms with Crippen molar-refractivity contribution in [3.63, 3.8) is 0 Å². The highest BCUT2D eigenvalue weighted by atomic mass is 16.1. The van der Waals surface area contributed by atoms with E-state index in [0.29, 0.717) is 5.92 Å². The number of carbonyl (C=O) groups is 1. The van der Waals surface area contributed by atoms with Crippen LogP contribution >= 0.6 is 0 Å². The summed E-state index contributed by atoms with van der Waals surface area (Å²) in [6.07, 6.45) is 5.88. The molecule has 12 heavy (non-hydrogen) atoms. The average Bonchev–Trinajstić information content (AvgIpc) is 2.11. The lowest BCUT2D eigenvalue weighted by Gasteiger charge is -2.19. The molecule has 0 spiro atoms. The van der Waals surface area contributed by atoms with Crippen LogP contribution in [-0.4, -0.2) is 24.9 Å². The van der Waals surface area contributed by atoms with Crippen LogP contribution in [0.1, 0.15) is 39.5 Å². The largest absolute Gasteiger partial charge is 0.348 e. The summed E-state index contributed by atoms with van der Waals surface area (Å²) in [6.45, 7) is 5.31. The molecule has 2 heteroatoms.